The number of benzene rings is 3. The van der Waals surface area contributed by atoms with Gasteiger partial charge in [0.15, 0.2) is 5.71 Å². The second-order valence-corrected chi connectivity index (χ2v) is 13.3. The van der Waals surface area contributed by atoms with Crippen molar-refractivity contribution in [3.8, 4) is 0 Å². The van der Waals surface area contributed by atoms with Crippen molar-refractivity contribution in [1.29, 1.82) is 0 Å². The van der Waals surface area contributed by atoms with Crippen LogP contribution in [0.25, 0.3) is 5.57 Å². The molecule has 0 fully saturated rings. The van der Waals surface area contributed by atoms with E-state index in [4.69, 9.17) is 0 Å². The number of allylic oxidation sites excluding steroid dienone is 5. The smallest absolute Gasteiger partial charge is 0.294 e. The first-order valence-corrected chi connectivity index (χ1v) is 16.4. The van der Waals surface area contributed by atoms with Gasteiger partial charge in [-0.2, -0.15) is 8.42 Å². The van der Waals surface area contributed by atoms with Crippen molar-refractivity contribution in [2.24, 2.45) is 0 Å². The van der Waals surface area contributed by atoms with E-state index >= 15 is 0 Å². The van der Waals surface area contributed by atoms with Crippen LogP contribution in [0.3, 0.4) is 0 Å². The molecule has 3 aromatic carbocycles. The zero-order chi connectivity index (χ0) is 31.5. The second-order valence-electron chi connectivity index (χ2n) is 10.5. The molecule has 1 aliphatic carbocycles. The van der Waals surface area contributed by atoms with Crippen molar-refractivity contribution < 1.29 is 30.5 Å². The molecule has 0 spiro atoms. The Balaban J connectivity index is 0.00000529. The third-order valence-corrected chi connectivity index (χ3v) is 8.89. The number of nitrogens with zero attached hydrogens (tertiary/aromatic N) is 3. The summed E-state index contributed by atoms with van der Waals surface area (Å²) in [5, 5.41) is 0. The quantitative estimate of drug-likeness (QED) is 0.209. The molecule has 0 bridgehead atoms. The Morgan fingerprint density at radius 2 is 1.48 bits per heavy atom. The fraction of sp³-hybridized carbons (Fsp3) is 0.219. The molecule has 227 valence electrons. The van der Waals surface area contributed by atoms with Crippen molar-refractivity contribution in [1.82, 2.24) is 0 Å². The molecule has 0 aromatic heterocycles. The van der Waals surface area contributed by atoms with Crippen LogP contribution in [0, 0.1) is 0 Å². The zero-order valence-electron chi connectivity index (χ0n) is 25.7. The van der Waals surface area contributed by atoms with Gasteiger partial charge in [-0.15, -0.1) is 0 Å². The first-order valence-electron chi connectivity index (χ1n) is 13.5. The molecule has 4 rings (SSSR count). The van der Waals surface area contributed by atoms with E-state index in [0.717, 1.165) is 22.5 Å². The maximum Gasteiger partial charge on any atom is 0.294 e. The summed E-state index contributed by atoms with van der Waals surface area (Å²) in [7, 11) is -1.60. The summed E-state index contributed by atoms with van der Waals surface area (Å²) in [4.78, 5) is 3.18. The van der Waals surface area contributed by atoms with Crippen LogP contribution in [-0.2, 0) is 26.8 Å². The Morgan fingerprint density at radius 3 is 2.00 bits per heavy atom. The standard InChI is InChI=1S/C32H35N3O6S2.Na/c1-6-35(22-23-8-7-9-29(20-23)42(36,37)38)28-18-19-30(31(21-28)43(39,40)41)32(24-10-14-26(15-11-24)33(2)3)25-12-16-27(17-13-25)34(4)5;/h7-21H,6,22H2,1-5H3,(H-,36,37,38,39,40,41);. The summed E-state index contributed by atoms with van der Waals surface area (Å²) in [5.41, 5.74) is 5.36. The molecule has 0 amide bonds. The first-order chi connectivity index (χ1) is 20.2. The van der Waals surface area contributed by atoms with Crippen LogP contribution >= 0.6 is 0 Å². The molecule has 44 heavy (non-hydrogen) atoms. The largest absolute Gasteiger partial charge is 0.744 e. The average Bonchev–Trinajstić information content (AvgIpc) is 2.96. The van der Waals surface area contributed by atoms with Gasteiger partial charge in [0.05, 0.1) is 9.79 Å². The van der Waals surface area contributed by atoms with E-state index in [1.807, 2.05) is 98.1 Å². The SMILES string of the molecule is CCN(Cc1cccc(S(=O)(=O)O)c1)c1ccc(C(=C2C=CC(=[N+](C)C)C=C2)c2ccc(N(C)C)cc2)c(S(=O)(=O)[O-])c1.[Na]. The fourth-order valence-electron chi connectivity index (χ4n) is 4.86. The van der Waals surface area contributed by atoms with Crippen LogP contribution < -0.4 is 9.80 Å². The van der Waals surface area contributed by atoms with Crippen LogP contribution in [0.2, 0.25) is 0 Å². The van der Waals surface area contributed by atoms with Gasteiger partial charge >= 0.3 is 0 Å². The Bertz CT molecular complexity index is 1860. The molecular formula is C32H35N3NaO6S2. The third kappa shape index (κ3) is 8.36. The Morgan fingerprint density at radius 1 is 0.864 bits per heavy atom. The van der Waals surface area contributed by atoms with E-state index in [2.05, 4.69) is 0 Å². The summed E-state index contributed by atoms with van der Waals surface area (Å²) in [6.45, 7) is 2.51. The van der Waals surface area contributed by atoms with Crippen LogP contribution in [0.1, 0.15) is 23.6 Å². The summed E-state index contributed by atoms with van der Waals surface area (Å²) in [6, 6.07) is 18.3. The minimum Gasteiger partial charge on any atom is -0.744 e. The minimum atomic E-state index is -4.93. The van der Waals surface area contributed by atoms with Crippen molar-refractivity contribution in [2.45, 2.75) is 23.3 Å². The van der Waals surface area contributed by atoms with E-state index in [1.54, 1.807) is 18.2 Å². The van der Waals surface area contributed by atoms with Crippen LogP contribution in [0.15, 0.2) is 106 Å². The number of anilines is 2. The predicted octanol–water partition coefficient (Wildman–Crippen LogP) is 4.19. The van der Waals surface area contributed by atoms with Gasteiger partial charge in [0.25, 0.3) is 10.1 Å². The molecule has 1 aliphatic rings. The molecule has 0 atom stereocenters. The molecular weight excluding hydrogens is 609 g/mol. The Hall–Kier alpha value is -3.03. The van der Waals surface area contributed by atoms with Gasteiger partial charge in [-0.1, -0.05) is 30.3 Å². The molecule has 0 saturated carbocycles. The van der Waals surface area contributed by atoms with Gasteiger partial charge in [0.1, 0.15) is 24.2 Å². The first kappa shape index (κ1) is 35.4. The molecule has 12 heteroatoms. The minimum absolute atomic E-state index is 0. The van der Waals surface area contributed by atoms with E-state index < -0.39 is 20.2 Å². The zero-order valence-corrected chi connectivity index (χ0v) is 29.4. The monoisotopic (exact) mass is 644 g/mol. The van der Waals surface area contributed by atoms with Crippen LogP contribution in [0.4, 0.5) is 11.4 Å². The molecule has 9 nitrogen and oxygen atoms in total. The van der Waals surface area contributed by atoms with Gasteiger partial charge in [-0.25, -0.2) is 13.0 Å². The van der Waals surface area contributed by atoms with Crippen molar-refractivity contribution >= 4 is 72.5 Å². The topological polar surface area (TPSA) is 121 Å². The van der Waals surface area contributed by atoms with Gasteiger partial charge < -0.3 is 14.4 Å². The molecule has 3 aromatic rings. The predicted molar refractivity (Wildman–Crippen MR) is 175 cm³/mol. The van der Waals surface area contributed by atoms with Gasteiger partial charge in [-0.05, 0) is 77.7 Å². The van der Waals surface area contributed by atoms with Crippen molar-refractivity contribution in [3.05, 3.63) is 113 Å². The maximum absolute atomic E-state index is 12.8. The molecule has 1 N–H and O–H groups in total. The number of rotatable bonds is 9. The number of hydrogen-bond donors (Lipinski definition) is 1. The molecule has 0 aliphatic heterocycles. The maximum atomic E-state index is 12.8. The van der Waals surface area contributed by atoms with E-state index in [1.165, 1.54) is 24.3 Å². The van der Waals surface area contributed by atoms with Crippen LogP contribution in [0.5, 0.6) is 0 Å². The van der Waals surface area contributed by atoms with Gasteiger partial charge in [-0.3, -0.25) is 4.55 Å². The summed E-state index contributed by atoms with van der Waals surface area (Å²) < 4.78 is 73.1. The molecule has 1 radical (unpaired) electrons. The molecule has 0 unspecified atom stereocenters. The Kier molecular flexibility index (Phi) is 11.6. The van der Waals surface area contributed by atoms with E-state index in [9.17, 15) is 25.9 Å². The Labute approximate surface area is 282 Å². The summed E-state index contributed by atoms with van der Waals surface area (Å²) in [5.74, 6) is 0. The summed E-state index contributed by atoms with van der Waals surface area (Å²) >= 11 is 0. The normalized spacial score (nSPS) is 13.0. The van der Waals surface area contributed by atoms with Crippen molar-refractivity contribution in [2.75, 3.05) is 44.5 Å². The number of hydrogen-bond acceptors (Lipinski definition) is 7. The third-order valence-electron chi connectivity index (χ3n) is 7.17. The van der Waals surface area contributed by atoms with E-state index in [0.29, 0.717) is 23.4 Å². The molecule has 0 heterocycles. The van der Waals surface area contributed by atoms with Gasteiger partial charge in [0.2, 0.25) is 0 Å². The fourth-order valence-corrected chi connectivity index (χ4v) is 6.12. The molecule has 0 saturated heterocycles. The summed E-state index contributed by atoms with van der Waals surface area (Å²) in [6.07, 6.45) is 7.67. The van der Waals surface area contributed by atoms with E-state index in [-0.39, 0.29) is 51.5 Å². The average molecular weight is 645 g/mol. The second kappa shape index (κ2) is 14.4. The van der Waals surface area contributed by atoms with Crippen molar-refractivity contribution in [3.63, 3.8) is 0 Å². The van der Waals surface area contributed by atoms with Gasteiger partial charge in [0, 0.05) is 85.8 Å². The van der Waals surface area contributed by atoms with Crippen LogP contribution in [-0.4, -0.2) is 101 Å².